The lowest BCUT2D eigenvalue weighted by Crippen LogP contribution is -2.52. The summed E-state index contributed by atoms with van der Waals surface area (Å²) in [7, 11) is 0. The van der Waals surface area contributed by atoms with Crippen molar-refractivity contribution >= 4 is 23.6 Å². The summed E-state index contributed by atoms with van der Waals surface area (Å²) in [6.07, 6.45) is 7.88. The maximum Gasteiger partial charge on any atom is 0.305 e. The quantitative estimate of drug-likeness (QED) is 0.523. The first-order valence-corrected chi connectivity index (χ1v) is 14.3. The van der Waals surface area contributed by atoms with Crippen molar-refractivity contribution in [2.75, 3.05) is 19.6 Å². The van der Waals surface area contributed by atoms with Crippen LogP contribution in [-0.4, -0.2) is 63.8 Å². The van der Waals surface area contributed by atoms with Gasteiger partial charge in [-0.15, -0.1) is 0 Å². The van der Waals surface area contributed by atoms with E-state index in [2.05, 4.69) is 42.8 Å². The van der Waals surface area contributed by atoms with E-state index in [4.69, 9.17) is 10.1 Å². The minimum Gasteiger partial charge on any atom is -0.481 e. The normalized spacial score (nSPS) is 24.9. The Balaban J connectivity index is 1.59. The monoisotopic (exact) mass is 524 g/mol. The molecule has 1 aromatic carbocycles. The molecule has 2 amide bonds. The highest BCUT2D eigenvalue weighted by atomic mass is 16.4. The lowest BCUT2D eigenvalue weighted by atomic mass is 9.69. The molecule has 8 nitrogen and oxygen atoms in total. The van der Waals surface area contributed by atoms with Gasteiger partial charge >= 0.3 is 5.97 Å². The van der Waals surface area contributed by atoms with Gasteiger partial charge in [-0.05, 0) is 80.4 Å². The van der Waals surface area contributed by atoms with E-state index >= 15 is 0 Å². The van der Waals surface area contributed by atoms with E-state index in [9.17, 15) is 14.4 Å². The Hall–Kier alpha value is -2.90. The number of likely N-dealkylation sites (tertiary alicyclic amines) is 1. The number of rotatable bonds is 7. The fraction of sp³-hybridized carbons (Fsp3) is 0.667. The number of carbonyl (C=O) groups excluding carboxylic acids is 2. The molecular formula is C30H44N4O4. The second kappa shape index (κ2) is 11.5. The standard InChI is InChI=1S/C30H44N4O4/c1-5-24(21-9-11-22(12-10-21)27(37)31-18-15-25(35)36)34-28(38)26(33-19-7-6-8-20-33)32-30(34)16-13-23(14-17-30)29(2,3)4/h9-12,23-24H,5-8,13-20H2,1-4H3,(H,31,37)(H,35,36)/t23?,24-,30?/m1/s1. The number of nitrogens with one attached hydrogen (secondary N) is 1. The fourth-order valence-corrected chi connectivity index (χ4v) is 6.45. The largest absolute Gasteiger partial charge is 0.481 e. The molecule has 4 rings (SSSR count). The van der Waals surface area contributed by atoms with Crippen LogP contribution in [0.4, 0.5) is 0 Å². The molecule has 1 saturated carbocycles. The number of piperidine rings is 1. The Morgan fingerprint density at radius 1 is 1.11 bits per heavy atom. The molecule has 38 heavy (non-hydrogen) atoms. The summed E-state index contributed by atoms with van der Waals surface area (Å²) in [5.74, 6) is 0.0580. The summed E-state index contributed by atoms with van der Waals surface area (Å²) in [5, 5.41) is 11.5. The fourth-order valence-electron chi connectivity index (χ4n) is 6.45. The van der Waals surface area contributed by atoms with Crippen LogP contribution in [0.25, 0.3) is 0 Å². The molecule has 2 fully saturated rings. The van der Waals surface area contributed by atoms with Gasteiger partial charge < -0.3 is 20.2 Å². The van der Waals surface area contributed by atoms with Crippen molar-refractivity contribution in [1.82, 2.24) is 15.1 Å². The van der Waals surface area contributed by atoms with E-state index < -0.39 is 11.6 Å². The highest BCUT2D eigenvalue weighted by Gasteiger charge is 2.53. The average Bonchev–Trinajstić information content (AvgIpc) is 3.16. The summed E-state index contributed by atoms with van der Waals surface area (Å²) in [4.78, 5) is 46.9. The van der Waals surface area contributed by atoms with Crippen LogP contribution in [0.2, 0.25) is 0 Å². The number of hydrogen-bond acceptors (Lipinski definition) is 5. The van der Waals surface area contributed by atoms with Gasteiger partial charge in [-0.25, -0.2) is 4.99 Å². The molecule has 2 aliphatic heterocycles. The van der Waals surface area contributed by atoms with Crippen LogP contribution < -0.4 is 5.32 Å². The zero-order valence-corrected chi connectivity index (χ0v) is 23.5. The minimum absolute atomic E-state index is 0.0449. The van der Waals surface area contributed by atoms with Gasteiger partial charge in [-0.3, -0.25) is 14.4 Å². The van der Waals surface area contributed by atoms with Crippen LogP contribution >= 0.6 is 0 Å². The first kappa shape index (κ1) is 28.1. The molecular weight excluding hydrogens is 480 g/mol. The third-order valence-electron chi connectivity index (χ3n) is 8.72. The van der Waals surface area contributed by atoms with Gasteiger partial charge in [0.15, 0.2) is 5.84 Å². The third-order valence-corrected chi connectivity index (χ3v) is 8.72. The molecule has 2 N–H and O–H groups in total. The molecule has 0 aromatic heterocycles. The number of amides is 2. The number of carboxylic acids is 1. The van der Waals surface area contributed by atoms with E-state index in [0.29, 0.717) is 17.3 Å². The Morgan fingerprint density at radius 2 is 1.74 bits per heavy atom. The molecule has 1 atom stereocenters. The molecule has 0 radical (unpaired) electrons. The van der Waals surface area contributed by atoms with Crippen molar-refractivity contribution in [2.45, 2.75) is 97.2 Å². The topological polar surface area (TPSA) is 102 Å². The smallest absolute Gasteiger partial charge is 0.305 e. The summed E-state index contributed by atoms with van der Waals surface area (Å²) < 4.78 is 0. The van der Waals surface area contributed by atoms with Gasteiger partial charge in [-0.2, -0.15) is 0 Å². The maximum atomic E-state index is 14.1. The predicted octanol–water partition coefficient (Wildman–Crippen LogP) is 5.00. The highest BCUT2D eigenvalue weighted by Crippen LogP contribution is 2.49. The summed E-state index contributed by atoms with van der Waals surface area (Å²) in [6.45, 7) is 10.9. The Kier molecular flexibility index (Phi) is 8.48. The highest BCUT2D eigenvalue weighted by molar-refractivity contribution is 6.39. The number of hydrogen-bond donors (Lipinski definition) is 2. The molecule has 2 heterocycles. The molecule has 8 heteroatoms. The van der Waals surface area contributed by atoms with E-state index in [1.807, 2.05) is 12.1 Å². The first-order valence-electron chi connectivity index (χ1n) is 14.3. The molecule has 3 aliphatic rings. The molecule has 1 saturated heterocycles. The van der Waals surface area contributed by atoms with E-state index in [1.54, 1.807) is 12.1 Å². The number of nitrogens with zero attached hydrogens (tertiary/aromatic N) is 3. The Labute approximate surface area is 226 Å². The van der Waals surface area contributed by atoms with Gasteiger partial charge in [0, 0.05) is 25.2 Å². The molecule has 1 aromatic rings. The Bertz CT molecular complexity index is 1050. The molecule has 208 valence electrons. The average molecular weight is 525 g/mol. The van der Waals surface area contributed by atoms with Crippen molar-refractivity contribution in [2.24, 2.45) is 16.3 Å². The SMILES string of the molecule is CC[C@H](c1ccc(C(=O)NCCC(=O)O)cc1)N1C(=O)C(N2CCCCC2)=NC12CCC(C(C)(C)C)CC2. The van der Waals surface area contributed by atoms with Crippen molar-refractivity contribution in [3.8, 4) is 0 Å². The summed E-state index contributed by atoms with van der Waals surface area (Å²) >= 11 is 0. The molecule has 1 spiro atoms. The number of benzene rings is 1. The predicted molar refractivity (Wildman–Crippen MR) is 148 cm³/mol. The number of carbonyl (C=O) groups is 3. The lowest BCUT2D eigenvalue weighted by molar-refractivity contribution is -0.137. The van der Waals surface area contributed by atoms with Gasteiger partial charge in [0.05, 0.1) is 12.5 Å². The maximum absolute atomic E-state index is 14.1. The van der Waals surface area contributed by atoms with Gasteiger partial charge in [0.2, 0.25) is 0 Å². The van der Waals surface area contributed by atoms with E-state index in [-0.39, 0.29) is 36.2 Å². The number of aliphatic imine (C=N–C) groups is 1. The Morgan fingerprint density at radius 3 is 2.29 bits per heavy atom. The zero-order valence-electron chi connectivity index (χ0n) is 23.5. The van der Waals surface area contributed by atoms with Gasteiger partial charge in [0.25, 0.3) is 11.8 Å². The second-order valence-corrected chi connectivity index (χ2v) is 12.2. The van der Waals surface area contributed by atoms with Crippen LogP contribution in [0.15, 0.2) is 29.3 Å². The van der Waals surface area contributed by atoms with Crippen molar-refractivity contribution in [1.29, 1.82) is 0 Å². The molecule has 0 bridgehead atoms. The zero-order chi connectivity index (χ0) is 27.5. The number of aliphatic carboxylic acids is 1. The van der Waals surface area contributed by atoms with Crippen molar-refractivity contribution in [3.63, 3.8) is 0 Å². The first-order chi connectivity index (χ1) is 18.1. The number of amidine groups is 1. The summed E-state index contributed by atoms with van der Waals surface area (Å²) in [5.41, 5.74) is 1.20. The van der Waals surface area contributed by atoms with Crippen LogP contribution in [0.5, 0.6) is 0 Å². The minimum atomic E-state index is -0.946. The summed E-state index contributed by atoms with van der Waals surface area (Å²) in [6, 6.07) is 7.26. The molecule has 0 unspecified atom stereocenters. The van der Waals surface area contributed by atoms with Gasteiger partial charge in [-0.1, -0.05) is 39.8 Å². The van der Waals surface area contributed by atoms with Crippen molar-refractivity contribution in [3.05, 3.63) is 35.4 Å². The van der Waals surface area contributed by atoms with Crippen molar-refractivity contribution < 1.29 is 19.5 Å². The molecule has 1 aliphatic carbocycles. The number of carboxylic acid groups (broad SMARTS) is 1. The van der Waals surface area contributed by atoms with E-state index in [0.717, 1.165) is 63.6 Å². The van der Waals surface area contributed by atoms with Crippen LogP contribution in [0.3, 0.4) is 0 Å². The second-order valence-electron chi connectivity index (χ2n) is 12.2. The third kappa shape index (κ3) is 5.89. The van der Waals surface area contributed by atoms with Crippen LogP contribution in [0, 0.1) is 11.3 Å². The van der Waals surface area contributed by atoms with Gasteiger partial charge in [0.1, 0.15) is 5.66 Å². The van der Waals surface area contributed by atoms with Crippen LogP contribution in [-0.2, 0) is 9.59 Å². The van der Waals surface area contributed by atoms with Crippen LogP contribution in [0.1, 0.15) is 107 Å². The van der Waals surface area contributed by atoms with E-state index in [1.165, 1.54) is 6.42 Å². The lowest BCUT2D eigenvalue weighted by Gasteiger charge is -2.47.